The fraction of sp³-hybridized carbons (Fsp3) is 0.400. The second-order valence-corrected chi connectivity index (χ2v) is 3.46. The minimum atomic E-state index is 0.0493. The van der Waals surface area contributed by atoms with Gasteiger partial charge >= 0.3 is 0 Å². The van der Waals surface area contributed by atoms with Gasteiger partial charge in [-0.1, -0.05) is 0 Å². The van der Waals surface area contributed by atoms with Crippen LogP contribution in [0, 0.1) is 0 Å². The van der Waals surface area contributed by atoms with Crippen LogP contribution in [0.25, 0.3) is 0 Å². The second kappa shape index (κ2) is 2.78. The quantitative estimate of drug-likeness (QED) is 0.672. The van der Waals surface area contributed by atoms with Crippen LogP contribution in [0.2, 0.25) is 0 Å². The largest absolute Gasteiger partial charge is 0.489 e. The molecule has 2 N–H and O–H groups in total. The Kier molecular flexibility index (Phi) is 1.58. The van der Waals surface area contributed by atoms with Crippen LogP contribution >= 0.6 is 0 Å². The Labute approximate surface area is 81.6 Å². The number of benzene rings is 1. The van der Waals surface area contributed by atoms with Crippen molar-refractivity contribution in [2.75, 3.05) is 13.4 Å². The highest BCUT2D eigenvalue weighted by Crippen LogP contribution is 2.46. The van der Waals surface area contributed by atoms with E-state index in [9.17, 15) is 0 Å². The number of hydrogen-bond acceptors (Lipinski definition) is 4. The predicted molar refractivity (Wildman–Crippen MR) is 49.6 cm³/mol. The molecule has 0 bridgehead atoms. The van der Waals surface area contributed by atoms with E-state index in [-0.39, 0.29) is 12.8 Å². The molecule has 1 aromatic rings. The number of nitrogens with two attached hydrogens (primary N) is 1. The van der Waals surface area contributed by atoms with Crippen LogP contribution in [-0.2, 0) is 0 Å². The fourth-order valence-electron chi connectivity index (χ4n) is 1.85. The molecule has 1 aromatic carbocycles. The van der Waals surface area contributed by atoms with E-state index < -0.39 is 0 Å². The smallest absolute Gasteiger partial charge is 0.231 e. The van der Waals surface area contributed by atoms with E-state index in [2.05, 4.69) is 0 Å². The molecule has 0 aromatic heterocycles. The first-order valence-electron chi connectivity index (χ1n) is 4.67. The summed E-state index contributed by atoms with van der Waals surface area (Å²) < 4.78 is 16.2. The number of hydrogen-bond donors (Lipinski definition) is 1. The summed E-state index contributed by atoms with van der Waals surface area (Å²) in [6.45, 7) is 0.915. The third kappa shape index (κ3) is 0.974. The highest BCUT2D eigenvalue weighted by Gasteiger charge is 2.27. The van der Waals surface area contributed by atoms with E-state index in [1.807, 2.05) is 12.1 Å². The first-order valence-corrected chi connectivity index (χ1v) is 4.67. The fourth-order valence-corrected chi connectivity index (χ4v) is 1.85. The van der Waals surface area contributed by atoms with E-state index >= 15 is 0 Å². The van der Waals surface area contributed by atoms with Gasteiger partial charge in [-0.05, 0) is 12.1 Å². The minimum absolute atomic E-state index is 0.0493. The third-order valence-electron chi connectivity index (χ3n) is 2.60. The zero-order chi connectivity index (χ0) is 9.54. The molecular formula is C10H11NO3. The van der Waals surface area contributed by atoms with Gasteiger partial charge in [0, 0.05) is 18.0 Å². The summed E-state index contributed by atoms with van der Waals surface area (Å²) in [6.07, 6.45) is 0.854. The molecule has 0 aliphatic carbocycles. The number of ether oxygens (including phenoxy) is 3. The summed E-state index contributed by atoms with van der Waals surface area (Å²) in [5.41, 5.74) is 6.98. The maximum Gasteiger partial charge on any atom is 0.231 e. The van der Waals surface area contributed by atoms with Gasteiger partial charge in [0.2, 0.25) is 12.5 Å². The van der Waals surface area contributed by atoms with Crippen LogP contribution in [0.5, 0.6) is 17.2 Å². The third-order valence-corrected chi connectivity index (χ3v) is 2.60. The Morgan fingerprint density at radius 1 is 1.14 bits per heavy atom. The van der Waals surface area contributed by atoms with Crippen molar-refractivity contribution in [1.29, 1.82) is 0 Å². The van der Waals surface area contributed by atoms with Crippen LogP contribution < -0.4 is 19.9 Å². The normalized spacial score (nSPS) is 22.8. The zero-order valence-corrected chi connectivity index (χ0v) is 7.66. The Bertz CT molecular complexity index is 378. The van der Waals surface area contributed by atoms with Gasteiger partial charge in [0.25, 0.3) is 0 Å². The van der Waals surface area contributed by atoms with Gasteiger partial charge in [0.15, 0.2) is 11.5 Å². The molecule has 4 nitrogen and oxygen atoms in total. The van der Waals surface area contributed by atoms with Crippen molar-refractivity contribution in [3.63, 3.8) is 0 Å². The average molecular weight is 193 g/mol. The maximum atomic E-state index is 5.96. The molecule has 0 fully saturated rings. The molecule has 0 saturated heterocycles. The molecule has 2 heterocycles. The van der Waals surface area contributed by atoms with Gasteiger partial charge in [-0.25, -0.2) is 0 Å². The average Bonchev–Trinajstić information content (AvgIpc) is 2.66. The Morgan fingerprint density at radius 2 is 2.07 bits per heavy atom. The molecule has 0 saturated carbocycles. The molecule has 2 aliphatic rings. The Morgan fingerprint density at radius 3 is 3.00 bits per heavy atom. The van der Waals surface area contributed by atoms with Crippen molar-refractivity contribution in [2.45, 2.75) is 12.5 Å². The van der Waals surface area contributed by atoms with Gasteiger partial charge in [0.1, 0.15) is 0 Å². The van der Waals surface area contributed by atoms with Crippen LogP contribution in [0.3, 0.4) is 0 Å². The van der Waals surface area contributed by atoms with Gasteiger partial charge in [-0.3, -0.25) is 0 Å². The van der Waals surface area contributed by atoms with E-state index in [4.69, 9.17) is 19.9 Å². The summed E-state index contributed by atoms with van der Waals surface area (Å²) in [5, 5.41) is 0. The molecule has 0 radical (unpaired) electrons. The summed E-state index contributed by atoms with van der Waals surface area (Å²) in [5.74, 6) is 2.22. The van der Waals surface area contributed by atoms with E-state index in [0.29, 0.717) is 12.4 Å². The molecule has 0 spiro atoms. The van der Waals surface area contributed by atoms with Crippen molar-refractivity contribution < 1.29 is 14.2 Å². The van der Waals surface area contributed by atoms with Crippen molar-refractivity contribution >= 4 is 0 Å². The van der Waals surface area contributed by atoms with Crippen molar-refractivity contribution in [3.8, 4) is 17.2 Å². The summed E-state index contributed by atoms with van der Waals surface area (Å²) in [7, 11) is 0. The highest BCUT2D eigenvalue weighted by atomic mass is 16.7. The number of fused-ring (bicyclic) bond motifs is 3. The molecule has 74 valence electrons. The van der Waals surface area contributed by atoms with Crippen LogP contribution in [0.4, 0.5) is 0 Å². The van der Waals surface area contributed by atoms with Crippen molar-refractivity contribution in [3.05, 3.63) is 17.7 Å². The molecule has 0 amide bonds. The van der Waals surface area contributed by atoms with Crippen LogP contribution in [-0.4, -0.2) is 13.4 Å². The van der Waals surface area contributed by atoms with E-state index in [1.165, 1.54) is 0 Å². The Hall–Kier alpha value is -1.42. The van der Waals surface area contributed by atoms with Gasteiger partial charge in [-0.15, -0.1) is 0 Å². The first-order chi connectivity index (χ1) is 6.86. The zero-order valence-electron chi connectivity index (χ0n) is 7.66. The van der Waals surface area contributed by atoms with Crippen LogP contribution in [0.1, 0.15) is 18.0 Å². The van der Waals surface area contributed by atoms with E-state index in [0.717, 1.165) is 23.5 Å². The van der Waals surface area contributed by atoms with Gasteiger partial charge in [-0.2, -0.15) is 0 Å². The highest BCUT2D eigenvalue weighted by molar-refractivity contribution is 5.58. The molecule has 0 unspecified atom stereocenters. The number of rotatable bonds is 0. The van der Waals surface area contributed by atoms with Crippen molar-refractivity contribution in [1.82, 2.24) is 0 Å². The van der Waals surface area contributed by atoms with Gasteiger partial charge in [0.05, 0.1) is 6.61 Å². The molecule has 4 heteroatoms. The maximum absolute atomic E-state index is 5.96. The monoisotopic (exact) mass is 193 g/mol. The topological polar surface area (TPSA) is 53.7 Å². The van der Waals surface area contributed by atoms with Crippen LogP contribution in [0.15, 0.2) is 12.1 Å². The summed E-state index contributed by atoms with van der Waals surface area (Å²) in [4.78, 5) is 0. The lowest BCUT2D eigenvalue weighted by Crippen LogP contribution is -2.20. The summed E-state index contributed by atoms with van der Waals surface area (Å²) in [6, 6.07) is 3.88. The SMILES string of the molecule is N[C@H]1CCOc2c1ccc1c2OCO1. The Balaban J connectivity index is 2.17. The minimum Gasteiger partial charge on any atom is -0.489 e. The lowest BCUT2D eigenvalue weighted by molar-refractivity contribution is 0.167. The summed E-state index contributed by atoms with van der Waals surface area (Å²) >= 11 is 0. The van der Waals surface area contributed by atoms with E-state index in [1.54, 1.807) is 0 Å². The lowest BCUT2D eigenvalue weighted by Gasteiger charge is -2.23. The molecular weight excluding hydrogens is 182 g/mol. The lowest BCUT2D eigenvalue weighted by atomic mass is 10.0. The molecule has 2 aliphatic heterocycles. The molecule has 3 rings (SSSR count). The molecule has 14 heavy (non-hydrogen) atoms. The second-order valence-electron chi connectivity index (χ2n) is 3.46. The van der Waals surface area contributed by atoms with Crippen molar-refractivity contribution in [2.24, 2.45) is 5.73 Å². The predicted octanol–water partition coefficient (Wildman–Crippen LogP) is 1.20. The standard InChI is InChI=1S/C10H11NO3/c11-7-3-4-12-9-6(7)1-2-8-10(9)14-5-13-8/h1-2,7H,3-5,11H2/t7-/m0/s1. The molecule has 1 atom stereocenters. The van der Waals surface area contributed by atoms with Gasteiger partial charge < -0.3 is 19.9 Å². The first kappa shape index (κ1) is 7.94.